The summed E-state index contributed by atoms with van der Waals surface area (Å²) in [7, 11) is 0. The molecule has 3 amide bonds. The molecule has 6 nitrogen and oxygen atoms in total. The smallest absolute Gasteiger partial charge is 0.326 e. The number of para-hydroxylation sites is 1. The molecule has 0 bridgehead atoms. The molecule has 2 aliphatic heterocycles. The van der Waals surface area contributed by atoms with E-state index >= 15 is 0 Å². The van der Waals surface area contributed by atoms with Crippen LogP contribution in [0.5, 0.6) is 0 Å². The van der Waals surface area contributed by atoms with Crippen molar-refractivity contribution in [2.75, 3.05) is 19.8 Å². The average Bonchev–Trinajstić information content (AvgIpc) is 3.31. The Morgan fingerprint density at radius 3 is 2.57 bits per heavy atom. The largest absolute Gasteiger partial charge is 0.458 e. The van der Waals surface area contributed by atoms with Crippen molar-refractivity contribution in [2.24, 2.45) is 0 Å². The summed E-state index contributed by atoms with van der Waals surface area (Å²) in [5, 5.41) is 3.74. The second-order valence-corrected chi connectivity index (χ2v) is 8.00. The molecular formula is C24H23N3O3. The third kappa shape index (κ3) is 3.09. The Kier molecular flexibility index (Phi) is 4.44. The quantitative estimate of drug-likeness (QED) is 0.673. The van der Waals surface area contributed by atoms with Gasteiger partial charge in [-0.1, -0.05) is 54.6 Å². The molecule has 1 atom stereocenters. The molecular weight excluding hydrogens is 378 g/mol. The van der Waals surface area contributed by atoms with Crippen LogP contribution in [0.2, 0.25) is 0 Å². The molecule has 5 rings (SSSR count). The molecule has 2 aliphatic rings. The van der Waals surface area contributed by atoms with Crippen LogP contribution in [0.3, 0.4) is 0 Å². The van der Waals surface area contributed by atoms with Crippen LogP contribution in [0.4, 0.5) is 4.79 Å². The predicted octanol–water partition coefficient (Wildman–Crippen LogP) is 3.95. The highest BCUT2D eigenvalue weighted by Crippen LogP contribution is 2.33. The van der Waals surface area contributed by atoms with E-state index in [1.54, 1.807) is 6.92 Å². The number of benzene rings is 2. The molecule has 0 aliphatic carbocycles. The van der Waals surface area contributed by atoms with Gasteiger partial charge in [-0.2, -0.15) is 0 Å². The minimum Gasteiger partial charge on any atom is -0.458 e. The van der Waals surface area contributed by atoms with Gasteiger partial charge in [0.25, 0.3) is 5.91 Å². The normalized spacial score (nSPS) is 22.4. The van der Waals surface area contributed by atoms with Crippen molar-refractivity contribution < 1.29 is 14.0 Å². The number of rotatable bonds is 4. The summed E-state index contributed by atoms with van der Waals surface area (Å²) in [5.74, 6) is 0.166. The highest BCUT2D eigenvalue weighted by Gasteiger charge is 2.51. The van der Waals surface area contributed by atoms with E-state index < -0.39 is 5.54 Å². The monoisotopic (exact) mass is 401 g/mol. The second kappa shape index (κ2) is 7.15. The van der Waals surface area contributed by atoms with Crippen LogP contribution < -0.4 is 5.32 Å². The molecule has 3 aromatic rings. The van der Waals surface area contributed by atoms with E-state index in [-0.39, 0.29) is 18.6 Å². The number of nitrogens with zero attached hydrogens (tertiary/aromatic N) is 2. The Morgan fingerprint density at radius 1 is 1.07 bits per heavy atom. The summed E-state index contributed by atoms with van der Waals surface area (Å²) >= 11 is 0. The SMILES string of the molecule is CC1(c2cc3ccccc3o2)NC(=O)N(CN2CC=C(c3ccccc3)CC2)C1=O. The van der Waals surface area contributed by atoms with Crippen LogP contribution in [0.25, 0.3) is 16.5 Å². The maximum absolute atomic E-state index is 13.2. The number of hydrogen-bond donors (Lipinski definition) is 1. The molecule has 0 saturated carbocycles. The number of hydrogen-bond acceptors (Lipinski definition) is 4. The first-order valence-corrected chi connectivity index (χ1v) is 10.1. The Morgan fingerprint density at radius 2 is 1.83 bits per heavy atom. The van der Waals surface area contributed by atoms with E-state index in [9.17, 15) is 9.59 Å². The first-order valence-electron chi connectivity index (χ1n) is 10.1. The number of carbonyl (C=O) groups excluding carboxylic acids is 2. The zero-order chi connectivity index (χ0) is 20.7. The highest BCUT2D eigenvalue weighted by molar-refractivity contribution is 6.07. The molecule has 0 spiro atoms. The van der Waals surface area contributed by atoms with E-state index in [1.165, 1.54) is 16.0 Å². The maximum atomic E-state index is 13.2. The summed E-state index contributed by atoms with van der Waals surface area (Å²) in [6, 6.07) is 19.3. The van der Waals surface area contributed by atoms with Crippen molar-refractivity contribution in [1.29, 1.82) is 0 Å². The van der Waals surface area contributed by atoms with Crippen LogP contribution >= 0.6 is 0 Å². The van der Waals surface area contributed by atoms with E-state index in [4.69, 9.17) is 4.42 Å². The van der Waals surface area contributed by atoms with Crippen LogP contribution in [0.15, 0.2) is 71.2 Å². The van der Waals surface area contributed by atoms with Gasteiger partial charge < -0.3 is 9.73 Å². The lowest BCUT2D eigenvalue weighted by molar-refractivity contribution is -0.133. The maximum Gasteiger partial charge on any atom is 0.326 e. The Bertz CT molecular complexity index is 1120. The zero-order valence-corrected chi connectivity index (χ0v) is 16.8. The molecule has 1 unspecified atom stereocenters. The lowest BCUT2D eigenvalue weighted by Gasteiger charge is -2.29. The number of carbonyl (C=O) groups is 2. The summed E-state index contributed by atoms with van der Waals surface area (Å²) in [4.78, 5) is 29.3. The van der Waals surface area contributed by atoms with Gasteiger partial charge >= 0.3 is 6.03 Å². The number of furan rings is 1. The van der Waals surface area contributed by atoms with Gasteiger partial charge in [0, 0.05) is 18.5 Å². The molecule has 3 heterocycles. The van der Waals surface area contributed by atoms with Crippen LogP contribution in [-0.4, -0.2) is 41.5 Å². The fraction of sp³-hybridized carbons (Fsp3) is 0.250. The van der Waals surface area contributed by atoms with E-state index in [0.29, 0.717) is 17.9 Å². The van der Waals surface area contributed by atoms with Gasteiger partial charge in [-0.25, -0.2) is 9.69 Å². The predicted molar refractivity (Wildman–Crippen MR) is 114 cm³/mol. The molecule has 1 N–H and O–H groups in total. The summed E-state index contributed by atoms with van der Waals surface area (Å²) in [6.07, 6.45) is 3.06. The van der Waals surface area contributed by atoms with E-state index in [2.05, 4.69) is 28.4 Å². The fourth-order valence-electron chi connectivity index (χ4n) is 4.17. The van der Waals surface area contributed by atoms with Crippen molar-refractivity contribution in [3.63, 3.8) is 0 Å². The van der Waals surface area contributed by atoms with Crippen molar-refractivity contribution in [2.45, 2.75) is 18.9 Å². The van der Waals surface area contributed by atoms with Crippen molar-refractivity contribution in [3.8, 4) is 0 Å². The van der Waals surface area contributed by atoms with E-state index in [0.717, 1.165) is 18.4 Å². The second-order valence-electron chi connectivity index (χ2n) is 8.00. The number of fused-ring (bicyclic) bond motifs is 1. The first-order chi connectivity index (χ1) is 14.5. The number of amides is 3. The van der Waals surface area contributed by atoms with Gasteiger partial charge in [0.05, 0.1) is 6.67 Å². The van der Waals surface area contributed by atoms with Gasteiger partial charge in [-0.05, 0) is 36.6 Å². The molecule has 1 fully saturated rings. The Balaban J connectivity index is 1.32. The van der Waals surface area contributed by atoms with Crippen molar-refractivity contribution in [1.82, 2.24) is 15.1 Å². The van der Waals surface area contributed by atoms with Gasteiger partial charge in [0.1, 0.15) is 11.3 Å². The minimum absolute atomic E-state index is 0.263. The lowest BCUT2D eigenvalue weighted by Crippen LogP contribution is -2.44. The molecule has 152 valence electrons. The van der Waals surface area contributed by atoms with Gasteiger partial charge in [-0.15, -0.1) is 0 Å². The van der Waals surface area contributed by atoms with Crippen LogP contribution in [0, 0.1) is 0 Å². The number of urea groups is 1. The molecule has 1 aromatic heterocycles. The standard InChI is InChI=1S/C24H23N3O3/c1-24(21-15-19-9-5-6-10-20(19)30-21)22(28)27(23(29)25-24)16-26-13-11-18(12-14-26)17-7-3-2-4-8-17/h2-11,15H,12-14,16H2,1H3,(H,25,29). The van der Waals surface area contributed by atoms with Gasteiger partial charge in [0.2, 0.25) is 0 Å². The Hall–Kier alpha value is -3.38. The van der Waals surface area contributed by atoms with E-state index in [1.807, 2.05) is 48.5 Å². The summed E-state index contributed by atoms with van der Waals surface area (Å²) in [5.41, 5.74) is 2.03. The van der Waals surface area contributed by atoms with Crippen molar-refractivity contribution in [3.05, 3.63) is 78.1 Å². The van der Waals surface area contributed by atoms with Crippen molar-refractivity contribution >= 4 is 28.5 Å². The fourth-order valence-corrected chi connectivity index (χ4v) is 4.17. The number of nitrogens with one attached hydrogen (secondary N) is 1. The van der Waals surface area contributed by atoms with Crippen LogP contribution in [-0.2, 0) is 10.3 Å². The molecule has 2 aromatic carbocycles. The summed E-state index contributed by atoms with van der Waals surface area (Å²) in [6.45, 7) is 3.45. The van der Waals surface area contributed by atoms with Gasteiger partial charge in [0.15, 0.2) is 5.54 Å². The highest BCUT2D eigenvalue weighted by atomic mass is 16.3. The summed E-state index contributed by atoms with van der Waals surface area (Å²) < 4.78 is 5.89. The molecule has 6 heteroatoms. The van der Waals surface area contributed by atoms with Crippen LogP contribution in [0.1, 0.15) is 24.7 Å². The minimum atomic E-state index is -1.20. The Labute approximate surface area is 174 Å². The number of imide groups is 1. The van der Waals surface area contributed by atoms with Gasteiger partial charge in [-0.3, -0.25) is 9.69 Å². The molecule has 30 heavy (non-hydrogen) atoms. The third-order valence-electron chi connectivity index (χ3n) is 5.97. The average molecular weight is 401 g/mol. The first kappa shape index (κ1) is 18.6. The lowest BCUT2D eigenvalue weighted by atomic mass is 9.98. The molecule has 0 radical (unpaired) electrons. The topological polar surface area (TPSA) is 65.8 Å². The third-order valence-corrected chi connectivity index (χ3v) is 5.97. The molecule has 1 saturated heterocycles. The zero-order valence-electron chi connectivity index (χ0n) is 16.8.